The van der Waals surface area contributed by atoms with E-state index in [1.54, 1.807) is 0 Å². The third-order valence-corrected chi connectivity index (χ3v) is 4.06. The molecule has 0 atom stereocenters. The van der Waals surface area contributed by atoms with Crippen LogP contribution in [0.25, 0.3) is 11.4 Å². The van der Waals surface area contributed by atoms with Crippen molar-refractivity contribution in [2.24, 2.45) is 0 Å². The standard InChI is InChI=1S/C14H12BrClN2/c15-11-6-4-10(5-7-11)14-17-12(8-13(16)18-14)9-2-1-3-9/h4-9H,1-3H2. The van der Waals surface area contributed by atoms with Crippen LogP contribution in [-0.2, 0) is 0 Å². The lowest BCUT2D eigenvalue weighted by Gasteiger charge is -2.25. The summed E-state index contributed by atoms with van der Waals surface area (Å²) >= 11 is 9.52. The molecule has 1 heterocycles. The zero-order valence-electron chi connectivity index (χ0n) is 9.74. The van der Waals surface area contributed by atoms with Crippen molar-refractivity contribution in [1.82, 2.24) is 9.97 Å². The summed E-state index contributed by atoms with van der Waals surface area (Å²) in [6, 6.07) is 9.87. The van der Waals surface area contributed by atoms with Gasteiger partial charge in [0, 0.05) is 21.6 Å². The average Bonchev–Trinajstić information content (AvgIpc) is 2.26. The van der Waals surface area contributed by atoms with Crippen LogP contribution in [0.15, 0.2) is 34.8 Å². The lowest BCUT2D eigenvalue weighted by atomic mass is 9.83. The van der Waals surface area contributed by atoms with Gasteiger partial charge in [-0.15, -0.1) is 0 Å². The van der Waals surface area contributed by atoms with Crippen LogP contribution in [0.5, 0.6) is 0 Å². The predicted molar refractivity (Wildman–Crippen MR) is 76.8 cm³/mol. The van der Waals surface area contributed by atoms with Gasteiger partial charge in [-0.2, -0.15) is 0 Å². The van der Waals surface area contributed by atoms with Gasteiger partial charge in [-0.3, -0.25) is 0 Å². The maximum absolute atomic E-state index is 6.10. The third-order valence-electron chi connectivity index (χ3n) is 3.34. The molecular weight excluding hydrogens is 312 g/mol. The molecule has 0 radical (unpaired) electrons. The Morgan fingerprint density at radius 2 is 1.83 bits per heavy atom. The van der Waals surface area contributed by atoms with Crippen LogP contribution < -0.4 is 0 Å². The van der Waals surface area contributed by atoms with Crippen molar-refractivity contribution in [2.45, 2.75) is 25.2 Å². The molecule has 2 aromatic rings. The predicted octanol–water partition coefficient (Wildman–Crippen LogP) is 4.83. The monoisotopic (exact) mass is 322 g/mol. The minimum atomic E-state index is 0.532. The largest absolute Gasteiger partial charge is 0.233 e. The first-order chi connectivity index (χ1) is 8.72. The summed E-state index contributed by atoms with van der Waals surface area (Å²) in [5, 5.41) is 0.532. The quantitative estimate of drug-likeness (QED) is 0.740. The van der Waals surface area contributed by atoms with Crippen molar-refractivity contribution in [3.05, 3.63) is 45.7 Å². The molecule has 0 saturated heterocycles. The fraction of sp³-hybridized carbons (Fsp3) is 0.286. The van der Waals surface area contributed by atoms with E-state index in [2.05, 4.69) is 25.9 Å². The van der Waals surface area contributed by atoms with Crippen molar-refractivity contribution in [3.8, 4) is 11.4 Å². The smallest absolute Gasteiger partial charge is 0.161 e. The molecule has 3 rings (SSSR count). The van der Waals surface area contributed by atoms with Crippen molar-refractivity contribution in [1.29, 1.82) is 0 Å². The van der Waals surface area contributed by atoms with Gasteiger partial charge in [0.25, 0.3) is 0 Å². The van der Waals surface area contributed by atoms with Gasteiger partial charge in [0.2, 0.25) is 0 Å². The van der Waals surface area contributed by atoms with Crippen LogP contribution in [0.2, 0.25) is 5.15 Å². The zero-order valence-corrected chi connectivity index (χ0v) is 12.1. The molecular formula is C14H12BrClN2. The second-order valence-corrected chi connectivity index (χ2v) is 5.88. The molecule has 0 spiro atoms. The van der Waals surface area contributed by atoms with E-state index >= 15 is 0 Å². The fourth-order valence-corrected chi connectivity index (χ4v) is 2.53. The highest BCUT2D eigenvalue weighted by molar-refractivity contribution is 9.10. The minimum absolute atomic E-state index is 0.532. The second-order valence-electron chi connectivity index (χ2n) is 4.57. The Balaban J connectivity index is 2.00. The Bertz CT molecular complexity index is 565. The number of nitrogens with zero attached hydrogens (tertiary/aromatic N) is 2. The van der Waals surface area contributed by atoms with Crippen molar-refractivity contribution >= 4 is 27.5 Å². The lowest BCUT2D eigenvalue weighted by Crippen LogP contribution is -2.11. The Labute approximate surface area is 120 Å². The van der Waals surface area contributed by atoms with Gasteiger partial charge in [0.1, 0.15) is 5.15 Å². The van der Waals surface area contributed by atoms with E-state index in [9.17, 15) is 0 Å². The molecule has 2 nitrogen and oxygen atoms in total. The van der Waals surface area contributed by atoms with Crippen LogP contribution >= 0.6 is 27.5 Å². The highest BCUT2D eigenvalue weighted by atomic mass is 79.9. The lowest BCUT2D eigenvalue weighted by molar-refractivity contribution is 0.411. The molecule has 4 heteroatoms. The highest BCUT2D eigenvalue weighted by Crippen LogP contribution is 2.36. The fourth-order valence-electron chi connectivity index (χ4n) is 2.08. The van der Waals surface area contributed by atoms with E-state index in [4.69, 9.17) is 11.6 Å². The molecule has 1 fully saturated rings. The van der Waals surface area contributed by atoms with Crippen LogP contribution in [0.1, 0.15) is 30.9 Å². The third kappa shape index (κ3) is 2.43. The molecule has 0 N–H and O–H groups in total. The topological polar surface area (TPSA) is 25.8 Å². The molecule has 1 aromatic heterocycles. The number of halogens is 2. The maximum atomic E-state index is 6.10. The Morgan fingerprint density at radius 1 is 1.11 bits per heavy atom. The number of benzene rings is 1. The van der Waals surface area contributed by atoms with Gasteiger partial charge < -0.3 is 0 Å². The first-order valence-electron chi connectivity index (χ1n) is 6.03. The summed E-state index contributed by atoms with van der Waals surface area (Å²) in [5.74, 6) is 1.29. The van der Waals surface area contributed by atoms with Crippen molar-refractivity contribution in [3.63, 3.8) is 0 Å². The van der Waals surface area contributed by atoms with E-state index in [0.29, 0.717) is 11.1 Å². The second kappa shape index (κ2) is 4.98. The first-order valence-corrected chi connectivity index (χ1v) is 7.20. The van der Waals surface area contributed by atoms with Gasteiger partial charge in [-0.1, -0.05) is 46.1 Å². The Morgan fingerprint density at radius 3 is 2.44 bits per heavy atom. The van der Waals surface area contributed by atoms with Crippen LogP contribution in [-0.4, -0.2) is 9.97 Å². The van der Waals surface area contributed by atoms with Crippen LogP contribution in [0, 0.1) is 0 Å². The molecule has 0 amide bonds. The summed E-state index contributed by atoms with van der Waals surface area (Å²) in [6.07, 6.45) is 3.72. The highest BCUT2D eigenvalue weighted by Gasteiger charge is 2.22. The van der Waals surface area contributed by atoms with E-state index in [1.807, 2.05) is 30.3 Å². The number of hydrogen-bond donors (Lipinski definition) is 0. The Kier molecular flexibility index (Phi) is 3.35. The molecule has 1 aliphatic rings. The van der Waals surface area contributed by atoms with Gasteiger partial charge in [-0.05, 0) is 31.0 Å². The molecule has 1 aliphatic carbocycles. The van der Waals surface area contributed by atoms with E-state index < -0.39 is 0 Å². The SMILES string of the molecule is Clc1cc(C2CCC2)nc(-c2ccc(Br)cc2)n1. The summed E-state index contributed by atoms with van der Waals surface area (Å²) in [6.45, 7) is 0. The summed E-state index contributed by atoms with van der Waals surface area (Å²) in [7, 11) is 0. The molecule has 92 valence electrons. The maximum Gasteiger partial charge on any atom is 0.161 e. The molecule has 1 saturated carbocycles. The van der Waals surface area contributed by atoms with E-state index in [-0.39, 0.29) is 0 Å². The van der Waals surface area contributed by atoms with E-state index in [0.717, 1.165) is 21.6 Å². The van der Waals surface area contributed by atoms with Crippen LogP contribution in [0.4, 0.5) is 0 Å². The van der Waals surface area contributed by atoms with Gasteiger partial charge in [0.15, 0.2) is 5.82 Å². The van der Waals surface area contributed by atoms with E-state index in [1.165, 1.54) is 19.3 Å². The molecule has 18 heavy (non-hydrogen) atoms. The number of hydrogen-bond acceptors (Lipinski definition) is 2. The van der Waals surface area contributed by atoms with Crippen LogP contribution in [0.3, 0.4) is 0 Å². The van der Waals surface area contributed by atoms with Crippen molar-refractivity contribution in [2.75, 3.05) is 0 Å². The summed E-state index contributed by atoms with van der Waals surface area (Å²) in [4.78, 5) is 8.96. The van der Waals surface area contributed by atoms with Gasteiger partial charge in [0.05, 0.1) is 0 Å². The Hall–Kier alpha value is -0.930. The molecule has 0 unspecified atom stereocenters. The summed E-state index contributed by atoms with van der Waals surface area (Å²) in [5.41, 5.74) is 2.08. The normalized spacial score (nSPS) is 15.4. The molecule has 0 bridgehead atoms. The minimum Gasteiger partial charge on any atom is -0.233 e. The molecule has 1 aromatic carbocycles. The van der Waals surface area contributed by atoms with Gasteiger partial charge >= 0.3 is 0 Å². The molecule has 0 aliphatic heterocycles. The van der Waals surface area contributed by atoms with Crippen molar-refractivity contribution < 1.29 is 0 Å². The summed E-state index contributed by atoms with van der Waals surface area (Å²) < 4.78 is 1.05. The van der Waals surface area contributed by atoms with Gasteiger partial charge in [-0.25, -0.2) is 9.97 Å². The zero-order chi connectivity index (χ0) is 12.5. The average molecular weight is 324 g/mol. The number of aromatic nitrogens is 2. The number of rotatable bonds is 2. The first kappa shape index (κ1) is 12.1.